The van der Waals surface area contributed by atoms with Crippen LogP contribution in [0.25, 0.3) is 0 Å². The van der Waals surface area contributed by atoms with Crippen LogP contribution in [0, 0.1) is 0 Å². The van der Waals surface area contributed by atoms with Crippen LogP contribution in [0.3, 0.4) is 0 Å². The van der Waals surface area contributed by atoms with Gasteiger partial charge in [0.2, 0.25) is 0 Å². The number of nitrogens with zero attached hydrogens (tertiary/aromatic N) is 1. The Balaban J connectivity index is 2.55. The van der Waals surface area contributed by atoms with Gasteiger partial charge in [-0.1, -0.05) is 25.7 Å². The van der Waals surface area contributed by atoms with E-state index in [0.717, 1.165) is 13.1 Å². The lowest BCUT2D eigenvalue weighted by atomic mass is 9.88. The van der Waals surface area contributed by atoms with Gasteiger partial charge in [0, 0.05) is 18.6 Å². The molecule has 0 atom stereocenters. The number of nitrogens with two attached hydrogens (primary N) is 1. The summed E-state index contributed by atoms with van der Waals surface area (Å²) in [5.74, 6) is 0. The van der Waals surface area contributed by atoms with Crippen molar-refractivity contribution in [1.29, 1.82) is 0 Å². The van der Waals surface area contributed by atoms with Gasteiger partial charge in [-0.3, -0.25) is 9.29 Å². The SMILES string of the molecule is CN(CCCF)C1(CN)CCCCCC1. The second kappa shape index (κ2) is 6.44. The van der Waals surface area contributed by atoms with E-state index in [2.05, 4.69) is 11.9 Å². The minimum Gasteiger partial charge on any atom is -0.329 e. The summed E-state index contributed by atoms with van der Waals surface area (Å²) in [6, 6.07) is 0. The van der Waals surface area contributed by atoms with Crippen LogP contribution >= 0.6 is 0 Å². The smallest absolute Gasteiger partial charge is 0.0906 e. The summed E-state index contributed by atoms with van der Waals surface area (Å²) in [6.07, 6.45) is 8.22. The number of halogens is 1. The van der Waals surface area contributed by atoms with E-state index in [1.165, 1.54) is 38.5 Å². The third-order valence-electron chi connectivity index (χ3n) is 3.85. The van der Waals surface area contributed by atoms with Gasteiger partial charge in [-0.25, -0.2) is 0 Å². The third kappa shape index (κ3) is 3.42. The molecule has 90 valence electrons. The predicted molar refractivity (Wildman–Crippen MR) is 62.7 cm³/mol. The molecule has 2 N–H and O–H groups in total. The summed E-state index contributed by atoms with van der Waals surface area (Å²) < 4.78 is 12.2. The first-order chi connectivity index (χ1) is 7.25. The van der Waals surface area contributed by atoms with Crippen LogP contribution in [-0.4, -0.2) is 37.3 Å². The van der Waals surface area contributed by atoms with E-state index >= 15 is 0 Å². The zero-order valence-corrected chi connectivity index (χ0v) is 9.97. The van der Waals surface area contributed by atoms with Gasteiger partial charge in [0.15, 0.2) is 0 Å². The van der Waals surface area contributed by atoms with Crippen LogP contribution < -0.4 is 5.73 Å². The molecule has 1 saturated carbocycles. The van der Waals surface area contributed by atoms with Crippen LogP contribution in [0.15, 0.2) is 0 Å². The van der Waals surface area contributed by atoms with Crippen molar-refractivity contribution in [2.45, 2.75) is 50.5 Å². The first kappa shape index (κ1) is 12.9. The van der Waals surface area contributed by atoms with Crippen molar-refractivity contribution in [3.8, 4) is 0 Å². The molecule has 3 heteroatoms. The molecule has 0 aliphatic heterocycles. The normalized spacial score (nSPS) is 21.6. The fraction of sp³-hybridized carbons (Fsp3) is 1.00. The Morgan fingerprint density at radius 1 is 1.20 bits per heavy atom. The molecule has 0 aromatic carbocycles. The quantitative estimate of drug-likeness (QED) is 0.715. The second-order valence-electron chi connectivity index (χ2n) is 4.81. The second-order valence-corrected chi connectivity index (χ2v) is 4.81. The lowest BCUT2D eigenvalue weighted by Crippen LogP contribution is -2.52. The van der Waals surface area contributed by atoms with Crippen LogP contribution in [0.1, 0.15) is 44.9 Å². The van der Waals surface area contributed by atoms with Crippen LogP contribution in [0.5, 0.6) is 0 Å². The van der Waals surface area contributed by atoms with Gasteiger partial charge in [-0.15, -0.1) is 0 Å². The average molecular weight is 216 g/mol. The Morgan fingerprint density at radius 3 is 2.27 bits per heavy atom. The standard InChI is InChI=1S/C12H25FN2/c1-15(10-6-9-13)12(11-14)7-4-2-3-5-8-12/h2-11,14H2,1H3. The van der Waals surface area contributed by atoms with Crippen LogP contribution in [0.4, 0.5) is 4.39 Å². The molecule has 0 bridgehead atoms. The van der Waals surface area contributed by atoms with Crippen molar-refractivity contribution < 1.29 is 4.39 Å². The van der Waals surface area contributed by atoms with Gasteiger partial charge < -0.3 is 5.73 Å². The highest BCUT2D eigenvalue weighted by atomic mass is 19.1. The summed E-state index contributed by atoms with van der Waals surface area (Å²) in [5, 5.41) is 0. The summed E-state index contributed by atoms with van der Waals surface area (Å²) in [4.78, 5) is 2.30. The van der Waals surface area contributed by atoms with E-state index < -0.39 is 0 Å². The molecule has 1 rings (SSSR count). The maximum Gasteiger partial charge on any atom is 0.0906 e. The summed E-state index contributed by atoms with van der Waals surface area (Å²) in [7, 11) is 2.10. The molecule has 0 radical (unpaired) electrons. The van der Waals surface area contributed by atoms with Gasteiger partial charge in [-0.2, -0.15) is 0 Å². The maximum absolute atomic E-state index is 12.2. The number of hydrogen-bond acceptors (Lipinski definition) is 2. The molecule has 0 spiro atoms. The fourth-order valence-electron chi connectivity index (χ4n) is 2.66. The van der Waals surface area contributed by atoms with Gasteiger partial charge in [0.05, 0.1) is 6.67 Å². The summed E-state index contributed by atoms with van der Waals surface area (Å²) in [5.41, 5.74) is 6.10. The number of likely N-dealkylation sites (N-methyl/N-ethyl adjacent to an activating group) is 1. The van der Waals surface area contributed by atoms with Gasteiger partial charge >= 0.3 is 0 Å². The predicted octanol–water partition coefficient (Wildman–Crippen LogP) is 2.33. The molecule has 0 unspecified atom stereocenters. The first-order valence-corrected chi connectivity index (χ1v) is 6.22. The Morgan fingerprint density at radius 2 is 1.80 bits per heavy atom. The Hall–Kier alpha value is -0.150. The van der Waals surface area contributed by atoms with Gasteiger partial charge in [0.25, 0.3) is 0 Å². The molecule has 0 aromatic rings. The summed E-state index contributed by atoms with van der Waals surface area (Å²) in [6.45, 7) is 1.34. The van der Waals surface area contributed by atoms with Crippen molar-refractivity contribution in [3.63, 3.8) is 0 Å². The van der Waals surface area contributed by atoms with Crippen LogP contribution in [0.2, 0.25) is 0 Å². The molecule has 15 heavy (non-hydrogen) atoms. The highest BCUT2D eigenvalue weighted by Gasteiger charge is 2.33. The number of alkyl halides is 1. The monoisotopic (exact) mass is 216 g/mol. The average Bonchev–Trinajstić information content (AvgIpc) is 2.52. The topological polar surface area (TPSA) is 29.3 Å². The molecule has 0 amide bonds. The Kier molecular flexibility index (Phi) is 5.54. The Bertz CT molecular complexity index is 165. The molecule has 0 saturated heterocycles. The summed E-state index contributed by atoms with van der Waals surface area (Å²) >= 11 is 0. The Labute approximate surface area is 93.0 Å². The molecule has 1 fully saturated rings. The van der Waals surface area contributed by atoms with Crippen molar-refractivity contribution in [2.24, 2.45) is 5.73 Å². The molecule has 0 aromatic heterocycles. The van der Waals surface area contributed by atoms with Gasteiger partial charge in [-0.05, 0) is 26.3 Å². The first-order valence-electron chi connectivity index (χ1n) is 6.22. The van der Waals surface area contributed by atoms with E-state index in [-0.39, 0.29) is 12.2 Å². The molecule has 0 heterocycles. The molecular formula is C12H25FN2. The molecular weight excluding hydrogens is 191 g/mol. The van der Waals surface area contributed by atoms with E-state index in [9.17, 15) is 4.39 Å². The molecule has 1 aliphatic carbocycles. The highest BCUT2D eigenvalue weighted by molar-refractivity contribution is 4.91. The minimum atomic E-state index is -0.217. The fourth-order valence-corrected chi connectivity index (χ4v) is 2.66. The van der Waals surface area contributed by atoms with Crippen molar-refractivity contribution in [3.05, 3.63) is 0 Å². The van der Waals surface area contributed by atoms with Gasteiger partial charge in [0.1, 0.15) is 0 Å². The lowest BCUT2D eigenvalue weighted by molar-refractivity contribution is 0.103. The van der Waals surface area contributed by atoms with Crippen molar-refractivity contribution >= 4 is 0 Å². The van der Waals surface area contributed by atoms with E-state index in [1.807, 2.05) is 0 Å². The number of rotatable bonds is 5. The van der Waals surface area contributed by atoms with E-state index in [4.69, 9.17) is 5.73 Å². The largest absolute Gasteiger partial charge is 0.329 e. The van der Waals surface area contributed by atoms with E-state index in [0.29, 0.717) is 6.42 Å². The molecule has 2 nitrogen and oxygen atoms in total. The third-order valence-corrected chi connectivity index (χ3v) is 3.85. The van der Waals surface area contributed by atoms with Crippen molar-refractivity contribution in [2.75, 3.05) is 26.8 Å². The van der Waals surface area contributed by atoms with E-state index in [1.54, 1.807) is 0 Å². The van der Waals surface area contributed by atoms with Crippen LogP contribution in [-0.2, 0) is 0 Å². The van der Waals surface area contributed by atoms with Crippen molar-refractivity contribution in [1.82, 2.24) is 4.90 Å². The zero-order valence-electron chi connectivity index (χ0n) is 9.97. The zero-order chi connectivity index (χ0) is 11.1. The highest BCUT2D eigenvalue weighted by Crippen LogP contribution is 2.30. The maximum atomic E-state index is 12.2. The molecule has 1 aliphatic rings. The number of hydrogen-bond donors (Lipinski definition) is 1. The minimum absolute atomic E-state index is 0.158. The lowest BCUT2D eigenvalue weighted by Gasteiger charge is -2.41.